The van der Waals surface area contributed by atoms with Crippen molar-refractivity contribution < 1.29 is 22.7 Å². The maximum Gasteiger partial charge on any atom is 0.242 e. The second-order valence-corrected chi connectivity index (χ2v) is 9.74. The number of hydrogen-bond donors (Lipinski definition) is 3. The summed E-state index contributed by atoms with van der Waals surface area (Å²) in [6, 6.07) is 5.41. The molecule has 2 rings (SSSR count). The van der Waals surface area contributed by atoms with Crippen molar-refractivity contribution in [1.29, 1.82) is 0 Å². The number of carbonyl (C=O) groups excluding carboxylic acids is 2. The summed E-state index contributed by atoms with van der Waals surface area (Å²) in [5.41, 5.74) is 0. The van der Waals surface area contributed by atoms with Gasteiger partial charge >= 0.3 is 0 Å². The van der Waals surface area contributed by atoms with Crippen molar-refractivity contribution in [3.63, 3.8) is 0 Å². The van der Waals surface area contributed by atoms with Crippen molar-refractivity contribution in [3.05, 3.63) is 29.3 Å². The number of rotatable bonds is 10. The van der Waals surface area contributed by atoms with Gasteiger partial charge in [0.05, 0.1) is 11.5 Å². The molecule has 0 spiro atoms. The summed E-state index contributed by atoms with van der Waals surface area (Å²) in [7, 11) is -2.03. The topological polar surface area (TPSA) is 114 Å². The third-order valence-electron chi connectivity index (χ3n) is 5.26. The van der Waals surface area contributed by atoms with Gasteiger partial charge in [0.2, 0.25) is 21.8 Å². The molecule has 1 atom stereocenters. The molecule has 2 amide bonds. The van der Waals surface area contributed by atoms with E-state index in [2.05, 4.69) is 15.4 Å². The molecule has 3 N–H and O–H groups in total. The van der Waals surface area contributed by atoms with Crippen LogP contribution >= 0.6 is 11.6 Å². The van der Waals surface area contributed by atoms with Crippen LogP contribution in [0, 0.1) is 11.8 Å². The van der Waals surface area contributed by atoms with Gasteiger partial charge in [-0.25, -0.2) is 13.1 Å². The molecule has 0 radical (unpaired) electrons. The molecule has 1 aliphatic carbocycles. The van der Waals surface area contributed by atoms with E-state index in [9.17, 15) is 18.0 Å². The van der Waals surface area contributed by atoms with Gasteiger partial charge in [0.25, 0.3) is 0 Å². The first-order valence-electron chi connectivity index (χ1n) is 10.0. The molecule has 0 heterocycles. The lowest BCUT2D eigenvalue weighted by atomic mass is 9.81. The highest BCUT2D eigenvalue weighted by Gasteiger charge is 2.28. The van der Waals surface area contributed by atoms with Crippen LogP contribution in [0.3, 0.4) is 0 Å². The Morgan fingerprint density at radius 3 is 2.40 bits per heavy atom. The molecule has 1 aromatic carbocycles. The Morgan fingerprint density at radius 1 is 1.17 bits per heavy atom. The average molecular weight is 460 g/mol. The van der Waals surface area contributed by atoms with Crippen LogP contribution < -0.4 is 15.4 Å². The molecule has 8 nitrogen and oxygen atoms in total. The van der Waals surface area contributed by atoms with E-state index >= 15 is 0 Å². The fraction of sp³-hybridized carbons (Fsp3) is 0.600. The minimum Gasteiger partial charge on any atom is -0.383 e. The first-order chi connectivity index (χ1) is 14.2. The molecule has 30 heavy (non-hydrogen) atoms. The van der Waals surface area contributed by atoms with Crippen molar-refractivity contribution >= 4 is 33.4 Å². The van der Waals surface area contributed by atoms with Crippen LogP contribution in [-0.4, -0.2) is 53.1 Å². The first kappa shape index (κ1) is 24.6. The second-order valence-electron chi connectivity index (χ2n) is 7.54. The number of methoxy groups -OCH3 is 1. The lowest BCUT2D eigenvalue weighted by molar-refractivity contribution is -0.131. The summed E-state index contributed by atoms with van der Waals surface area (Å²) < 4.78 is 32.3. The Morgan fingerprint density at radius 2 is 1.80 bits per heavy atom. The van der Waals surface area contributed by atoms with Crippen LogP contribution in [0.1, 0.15) is 32.6 Å². The fourth-order valence-corrected chi connectivity index (χ4v) is 4.62. The van der Waals surface area contributed by atoms with Gasteiger partial charge in [0.15, 0.2) is 0 Å². The van der Waals surface area contributed by atoms with Crippen molar-refractivity contribution in [2.45, 2.75) is 43.5 Å². The molecule has 0 aliphatic heterocycles. The smallest absolute Gasteiger partial charge is 0.242 e. The molecule has 1 saturated carbocycles. The van der Waals surface area contributed by atoms with Crippen LogP contribution in [0.5, 0.6) is 0 Å². The number of ether oxygens (including phenoxy) is 1. The molecule has 0 saturated heterocycles. The third-order valence-corrected chi connectivity index (χ3v) is 6.95. The van der Waals surface area contributed by atoms with E-state index in [1.54, 1.807) is 26.2 Å². The Labute approximate surface area is 183 Å². The molecular weight excluding hydrogens is 430 g/mol. The molecular formula is C20H30ClN3O5S. The number of halogens is 1. The molecule has 0 aromatic heterocycles. The number of sulfonamides is 1. The highest BCUT2D eigenvalue weighted by Crippen LogP contribution is 2.29. The molecule has 1 aromatic rings. The Kier molecular flexibility index (Phi) is 9.54. The van der Waals surface area contributed by atoms with Gasteiger partial charge in [-0.15, -0.1) is 0 Å². The first-order valence-corrected chi connectivity index (χ1v) is 11.9. The highest BCUT2D eigenvalue weighted by molar-refractivity contribution is 7.89. The van der Waals surface area contributed by atoms with Crippen LogP contribution in [0.25, 0.3) is 0 Å². The predicted molar refractivity (Wildman–Crippen MR) is 115 cm³/mol. The zero-order chi connectivity index (χ0) is 22.1. The largest absolute Gasteiger partial charge is 0.383 e. The van der Waals surface area contributed by atoms with E-state index in [0.717, 1.165) is 12.8 Å². The Bertz CT molecular complexity index is 808. The number of benzene rings is 1. The van der Waals surface area contributed by atoms with E-state index in [-0.39, 0.29) is 28.5 Å². The van der Waals surface area contributed by atoms with E-state index in [0.29, 0.717) is 37.6 Å². The zero-order valence-electron chi connectivity index (χ0n) is 17.3. The van der Waals surface area contributed by atoms with Gasteiger partial charge in [-0.3, -0.25) is 9.59 Å². The third kappa shape index (κ3) is 7.54. The zero-order valence-corrected chi connectivity index (χ0v) is 18.9. The molecule has 0 unspecified atom stereocenters. The van der Waals surface area contributed by atoms with Gasteiger partial charge in [-0.05, 0) is 62.8 Å². The predicted octanol–water partition coefficient (Wildman–Crippen LogP) is 1.69. The maximum absolute atomic E-state index is 12.4. The van der Waals surface area contributed by atoms with Gasteiger partial charge in [-0.2, -0.15) is 0 Å². The van der Waals surface area contributed by atoms with E-state index < -0.39 is 16.1 Å². The summed E-state index contributed by atoms with van der Waals surface area (Å²) in [5, 5.41) is 5.93. The monoisotopic (exact) mass is 459 g/mol. The van der Waals surface area contributed by atoms with Gasteiger partial charge in [0.1, 0.15) is 6.04 Å². The Balaban J connectivity index is 1.74. The summed E-state index contributed by atoms with van der Waals surface area (Å²) in [6.07, 6.45) is 2.82. The quantitative estimate of drug-likeness (QED) is 0.461. The van der Waals surface area contributed by atoms with E-state index in [4.69, 9.17) is 16.3 Å². The lowest BCUT2D eigenvalue weighted by Crippen LogP contribution is -2.47. The number of carbonyl (C=O) groups is 2. The van der Waals surface area contributed by atoms with Crippen molar-refractivity contribution in [1.82, 2.24) is 15.4 Å². The van der Waals surface area contributed by atoms with Gasteiger partial charge < -0.3 is 15.4 Å². The van der Waals surface area contributed by atoms with E-state index in [1.165, 1.54) is 12.1 Å². The highest BCUT2D eigenvalue weighted by atomic mass is 35.5. The summed E-state index contributed by atoms with van der Waals surface area (Å²) in [5.74, 6) is -0.371. The fourth-order valence-electron chi connectivity index (χ4n) is 3.38. The van der Waals surface area contributed by atoms with Crippen molar-refractivity contribution in [2.24, 2.45) is 11.8 Å². The second kappa shape index (κ2) is 11.6. The van der Waals surface area contributed by atoms with Gasteiger partial charge in [0, 0.05) is 31.1 Å². The van der Waals surface area contributed by atoms with Crippen LogP contribution in [0.4, 0.5) is 0 Å². The summed E-state index contributed by atoms with van der Waals surface area (Å²) in [6.45, 7) is 2.79. The maximum atomic E-state index is 12.4. The van der Waals surface area contributed by atoms with Crippen molar-refractivity contribution in [2.75, 3.05) is 26.8 Å². The van der Waals surface area contributed by atoms with Crippen LogP contribution in [0.15, 0.2) is 29.2 Å². The van der Waals surface area contributed by atoms with E-state index in [1.807, 2.05) is 0 Å². The normalized spacial score (nSPS) is 20.4. The SMILES string of the molecule is COCCNC(=O)[C@@H](C)NC(=O)C1CCC(CNS(=O)(=O)c2ccc(Cl)cc2)CC1. The molecule has 10 heteroatoms. The average Bonchev–Trinajstić information content (AvgIpc) is 2.73. The summed E-state index contributed by atoms with van der Waals surface area (Å²) >= 11 is 5.80. The minimum atomic E-state index is -3.58. The number of nitrogens with one attached hydrogen (secondary N) is 3. The van der Waals surface area contributed by atoms with Gasteiger partial charge in [-0.1, -0.05) is 11.6 Å². The molecule has 1 fully saturated rings. The van der Waals surface area contributed by atoms with Crippen LogP contribution in [0.2, 0.25) is 5.02 Å². The Hall–Kier alpha value is -1.68. The summed E-state index contributed by atoms with van der Waals surface area (Å²) in [4.78, 5) is 24.6. The minimum absolute atomic E-state index is 0.135. The molecule has 0 bridgehead atoms. The molecule has 168 valence electrons. The number of amides is 2. The molecule has 1 aliphatic rings. The van der Waals surface area contributed by atoms with Crippen LogP contribution in [-0.2, 0) is 24.3 Å². The standard InChI is InChI=1S/C20H30ClN3O5S/c1-14(19(25)22-11-12-29-2)24-20(26)16-5-3-15(4-6-16)13-23-30(27,28)18-9-7-17(21)8-10-18/h7-10,14-16,23H,3-6,11-13H2,1-2H3,(H,22,25)(H,24,26)/t14-,15?,16?/m1/s1. The van der Waals surface area contributed by atoms with Crippen molar-refractivity contribution in [3.8, 4) is 0 Å². The number of hydrogen-bond acceptors (Lipinski definition) is 5. The lowest BCUT2D eigenvalue weighted by Gasteiger charge is -2.28.